The molecule has 0 saturated heterocycles. The largest absolute Gasteiger partial charge is 0.465 e. The number of benzene rings is 3. The van der Waals surface area contributed by atoms with Crippen LogP contribution in [0, 0.1) is 11.3 Å². The minimum absolute atomic E-state index is 0.121. The second-order valence-electron chi connectivity index (χ2n) is 7.96. The number of nitrogens with zero attached hydrogens (tertiary/aromatic N) is 2. The summed E-state index contributed by atoms with van der Waals surface area (Å²) in [6.45, 7) is 0. The van der Waals surface area contributed by atoms with Crippen molar-refractivity contribution in [3.63, 3.8) is 0 Å². The molecule has 0 fully saturated rings. The van der Waals surface area contributed by atoms with E-state index in [0.717, 1.165) is 16.7 Å². The predicted molar refractivity (Wildman–Crippen MR) is 135 cm³/mol. The first kappa shape index (κ1) is 24.2. The fourth-order valence-corrected chi connectivity index (χ4v) is 4.50. The molecule has 3 aromatic rings. The Labute approximate surface area is 210 Å². The molecular formula is C30H24N2O4. The smallest absolute Gasteiger partial charge is 0.345 e. The average Bonchev–Trinajstić information content (AvgIpc) is 2.95. The molecule has 6 heteroatoms. The maximum Gasteiger partial charge on any atom is 0.345 e. The van der Waals surface area contributed by atoms with Crippen LogP contribution in [0.25, 0.3) is 0 Å². The number of hydrogen-bond acceptors (Lipinski definition) is 6. The summed E-state index contributed by atoms with van der Waals surface area (Å²) in [6, 6.07) is 32.0. The van der Waals surface area contributed by atoms with Gasteiger partial charge in [-0.05, 0) is 22.8 Å². The number of esters is 2. The van der Waals surface area contributed by atoms with Crippen LogP contribution in [0.1, 0.15) is 16.7 Å². The lowest BCUT2D eigenvalue weighted by atomic mass is 9.75. The molecule has 0 saturated carbocycles. The standard InChI is InChI=1S/C30H24N2O4/c1-35-28(33)27(29(34)36-2)26-18-19-32(21-22(26)20-31)30(23-12-6-3-7-13-23,24-14-8-4-9-15-24)25-16-10-5-11-17-25/h3-19,21H,1-2H3. The van der Waals surface area contributed by atoms with Crippen LogP contribution in [0.2, 0.25) is 0 Å². The molecule has 0 radical (unpaired) electrons. The molecule has 1 heterocycles. The van der Waals surface area contributed by atoms with Crippen molar-refractivity contribution in [2.24, 2.45) is 0 Å². The summed E-state index contributed by atoms with van der Waals surface area (Å²) in [5.74, 6) is -1.76. The van der Waals surface area contributed by atoms with Gasteiger partial charge >= 0.3 is 11.9 Å². The summed E-state index contributed by atoms with van der Waals surface area (Å²) in [6.07, 6.45) is 4.98. The van der Waals surface area contributed by atoms with Gasteiger partial charge in [0.2, 0.25) is 0 Å². The van der Waals surface area contributed by atoms with E-state index < -0.39 is 17.5 Å². The summed E-state index contributed by atoms with van der Waals surface area (Å²) < 4.78 is 9.60. The van der Waals surface area contributed by atoms with E-state index >= 15 is 0 Å². The maximum absolute atomic E-state index is 12.5. The van der Waals surface area contributed by atoms with E-state index in [4.69, 9.17) is 9.47 Å². The molecule has 0 aliphatic carbocycles. The highest BCUT2D eigenvalue weighted by Gasteiger charge is 2.42. The molecule has 4 rings (SSSR count). The van der Waals surface area contributed by atoms with Gasteiger partial charge in [0.05, 0.1) is 19.8 Å². The van der Waals surface area contributed by atoms with Gasteiger partial charge in [0.25, 0.3) is 0 Å². The number of nitriles is 1. The number of ether oxygens (including phenoxy) is 2. The molecule has 0 unspecified atom stereocenters. The Kier molecular flexibility index (Phi) is 7.12. The number of methoxy groups -OCH3 is 2. The Morgan fingerprint density at radius 3 is 1.53 bits per heavy atom. The number of rotatable bonds is 6. The fourth-order valence-electron chi connectivity index (χ4n) is 4.50. The van der Waals surface area contributed by atoms with Gasteiger partial charge in [0, 0.05) is 18.0 Å². The zero-order chi connectivity index (χ0) is 25.5. The average molecular weight is 477 g/mol. The fraction of sp³-hybridized carbons (Fsp3) is 0.100. The lowest BCUT2D eigenvalue weighted by Gasteiger charge is -2.44. The van der Waals surface area contributed by atoms with Crippen molar-refractivity contribution in [3.8, 4) is 6.07 Å². The molecule has 36 heavy (non-hydrogen) atoms. The number of carbonyl (C=O) groups excluding carboxylic acids is 2. The highest BCUT2D eigenvalue weighted by Crippen LogP contribution is 2.44. The lowest BCUT2D eigenvalue weighted by molar-refractivity contribution is -0.144. The van der Waals surface area contributed by atoms with Crippen LogP contribution in [0.4, 0.5) is 0 Å². The van der Waals surface area contributed by atoms with Gasteiger partial charge in [0.15, 0.2) is 5.57 Å². The highest BCUT2D eigenvalue weighted by atomic mass is 16.5. The second-order valence-corrected chi connectivity index (χ2v) is 7.96. The third-order valence-electron chi connectivity index (χ3n) is 6.09. The van der Waals surface area contributed by atoms with Crippen molar-refractivity contribution in [2.75, 3.05) is 14.2 Å². The van der Waals surface area contributed by atoms with Crippen molar-refractivity contribution >= 4 is 11.9 Å². The van der Waals surface area contributed by atoms with E-state index in [0.29, 0.717) is 0 Å². The van der Waals surface area contributed by atoms with Crippen LogP contribution in [0.3, 0.4) is 0 Å². The van der Waals surface area contributed by atoms with E-state index in [-0.39, 0.29) is 16.7 Å². The van der Waals surface area contributed by atoms with Crippen LogP contribution in [0.15, 0.2) is 126 Å². The third-order valence-corrected chi connectivity index (χ3v) is 6.09. The van der Waals surface area contributed by atoms with Gasteiger partial charge in [-0.15, -0.1) is 0 Å². The van der Waals surface area contributed by atoms with Crippen LogP contribution < -0.4 is 0 Å². The number of allylic oxidation sites excluding steroid dienone is 3. The Morgan fingerprint density at radius 1 is 0.750 bits per heavy atom. The molecule has 0 bridgehead atoms. The van der Waals surface area contributed by atoms with E-state index in [2.05, 4.69) is 6.07 Å². The molecule has 0 amide bonds. The summed E-state index contributed by atoms with van der Waals surface area (Å²) in [5.41, 5.74) is 1.96. The first-order chi connectivity index (χ1) is 17.6. The summed E-state index contributed by atoms with van der Waals surface area (Å²) in [4.78, 5) is 26.8. The van der Waals surface area contributed by atoms with E-state index in [9.17, 15) is 14.9 Å². The van der Waals surface area contributed by atoms with Gasteiger partial charge in [0.1, 0.15) is 11.6 Å². The topological polar surface area (TPSA) is 79.6 Å². The number of hydrogen-bond donors (Lipinski definition) is 0. The maximum atomic E-state index is 12.5. The molecule has 3 aromatic carbocycles. The van der Waals surface area contributed by atoms with Crippen LogP contribution in [-0.2, 0) is 24.6 Å². The summed E-state index contributed by atoms with van der Waals surface area (Å²) >= 11 is 0. The minimum Gasteiger partial charge on any atom is -0.465 e. The van der Waals surface area contributed by atoms with Crippen molar-refractivity contribution < 1.29 is 19.1 Å². The van der Waals surface area contributed by atoms with Crippen molar-refractivity contribution in [1.82, 2.24) is 4.90 Å². The van der Waals surface area contributed by atoms with Crippen LogP contribution in [-0.4, -0.2) is 31.1 Å². The normalized spacial score (nSPS) is 12.9. The van der Waals surface area contributed by atoms with Crippen LogP contribution >= 0.6 is 0 Å². The van der Waals surface area contributed by atoms with Crippen molar-refractivity contribution in [2.45, 2.75) is 5.54 Å². The Morgan fingerprint density at radius 2 is 1.17 bits per heavy atom. The molecule has 178 valence electrons. The lowest BCUT2D eigenvalue weighted by Crippen LogP contribution is -2.43. The molecule has 0 aromatic heterocycles. The van der Waals surface area contributed by atoms with Crippen molar-refractivity contribution in [3.05, 3.63) is 143 Å². The Bertz CT molecular complexity index is 1270. The molecule has 1 aliphatic rings. The van der Waals surface area contributed by atoms with Gasteiger partial charge < -0.3 is 14.4 Å². The zero-order valence-electron chi connectivity index (χ0n) is 19.9. The molecule has 0 spiro atoms. The Hall–Kier alpha value is -4.89. The third kappa shape index (κ3) is 4.19. The van der Waals surface area contributed by atoms with E-state index in [1.807, 2.05) is 95.9 Å². The zero-order valence-corrected chi connectivity index (χ0v) is 19.9. The van der Waals surface area contributed by atoms with E-state index in [1.54, 1.807) is 18.5 Å². The highest BCUT2D eigenvalue weighted by molar-refractivity contribution is 6.16. The predicted octanol–water partition coefficient (Wildman–Crippen LogP) is 4.86. The molecule has 0 atom stereocenters. The summed E-state index contributed by atoms with van der Waals surface area (Å²) in [7, 11) is 2.34. The van der Waals surface area contributed by atoms with Crippen LogP contribution in [0.5, 0.6) is 0 Å². The molecule has 6 nitrogen and oxygen atoms in total. The van der Waals surface area contributed by atoms with Gasteiger partial charge in [-0.25, -0.2) is 9.59 Å². The Balaban J connectivity index is 2.04. The molecule has 1 aliphatic heterocycles. The van der Waals surface area contributed by atoms with Gasteiger partial charge in [-0.2, -0.15) is 5.26 Å². The SMILES string of the molecule is COC(=O)C(C(=O)OC)=C1C=CN(C(c2ccccc2)(c2ccccc2)c2ccccc2)C=C1C#N. The summed E-state index contributed by atoms with van der Waals surface area (Å²) in [5, 5.41) is 10.1. The quantitative estimate of drug-likeness (QED) is 0.166. The second kappa shape index (κ2) is 10.6. The monoisotopic (exact) mass is 476 g/mol. The van der Waals surface area contributed by atoms with Crippen molar-refractivity contribution in [1.29, 1.82) is 5.26 Å². The minimum atomic E-state index is -0.878. The number of carbonyl (C=O) groups is 2. The first-order valence-corrected chi connectivity index (χ1v) is 11.2. The molecule has 0 N–H and O–H groups in total. The van der Waals surface area contributed by atoms with Gasteiger partial charge in [-0.1, -0.05) is 91.0 Å². The first-order valence-electron chi connectivity index (χ1n) is 11.2. The van der Waals surface area contributed by atoms with E-state index in [1.165, 1.54) is 14.2 Å². The van der Waals surface area contributed by atoms with Gasteiger partial charge in [-0.3, -0.25) is 0 Å². The molecular weight excluding hydrogens is 452 g/mol.